The van der Waals surface area contributed by atoms with Gasteiger partial charge in [0.25, 0.3) is 0 Å². The average Bonchev–Trinajstić information content (AvgIpc) is 2.07. The number of amides is 2. The second kappa shape index (κ2) is 3.47. The van der Waals surface area contributed by atoms with Gasteiger partial charge in [-0.3, -0.25) is 0 Å². The van der Waals surface area contributed by atoms with Gasteiger partial charge >= 0.3 is 6.03 Å². The summed E-state index contributed by atoms with van der Waals surface area (Å²) >= 11 is 0. The first-order chi connectivity index (χ1) is 5.75. The summed E-state index contributed by atoms with van der Waals surface area (Å²) in [6.07, 6.45) is 0. The Kier molecular flexibility index (Phi) is 2.37. The van der Waals surface area contributed by atoms with Crippen molar-refractivity contribution < 1.29 is 4.79 Å². The number of urea groups is 1. The molecule has 0 saturated carbocycles. The molecule has 0 aliphatic carbocycles. The van der Waals surface area contributed by atoms with E-state index in [9.17, 15) is 4.79 Å². The molecule has 2 amide bonds. The van der Waals surface area contributed by atoms with Crippen molar-refractivity contribution >= 4 is 11.7 Å². The number of nitrogens with zero attached hydrogens (tertiary/aromatic N) is 2. The number of carbonyl (C=O) groups is 1. The molecular formula is C7H8N4O. The third kappa shape index (κ3) is 1.57. The fraction of sp³-hybridized carbons (Fsp3) is 0. The molecule has 0 atom stereocenters. The van der Waals surface area contributed by atoms with Crippen molar-refractivity contribution in [1.82, 2.24) is 0 Å². The molecule has 0 aliphatic rings. The third-order valence-electron chi connectivity index (χ3n) is 1.31. The zero-order valence-electron chi connectivity index (χ0n) is 6.27. The third-order valence-corrected chi connectivity index (χ3v) is 1.31. The largest absolute Gasteiger partial charge is 0.350 e. The second-order valence-electron chi connectivity index (χ2n) is 2.09. The molecule has 3 N–H and O–H groups in total. The molecule has 0 aliphatic heterocycles. The number of para-hydroxylation sites is 1. The van der Waals surface area contributed by atoms with E-state index in [1.165, 1.54) is 0 Å². The summed E-state index contributed by atoms with van der Waals surface area (Å²) in [7, 11) is 0. The van der Waals surface area contributed by atoms with E-state index in [2.05, 4.69) is 5.22 Å². The zero-order valence-corrected chi connectivity index (χ0v) is 6.27. The van der Waals surface area contributed by atoms with Crippen LogP contribution in [-0.4, -0.2) is 6.03 Å². The lowest BCUT2D eigenvalue weighted by atomic mass is 10.3. The summed E-state index contributed by atoms with van der Waals surface area (Å²) in [5.74, 6) is 0. The van der Waals surface area contributed by atoms with Crippen LogP contribution < -0.4 is 10.7 Å². The first kappa shape index (κ1) is 8.19. The van der Waals surface area contributed by atoms with Crippen molar-refractivity contribution in [3.63, 3.8) is 0 Å². The molecule has 1 aromatic carbocycles. The highest BCUT2D eigenvalue weighted by atomic mass is 16.2. The monoisotopic (exact) mass is 164 g/mol. The minimum Gasteiger partial charge on any atom is -0.350 e. The lowest BCUT2D eigenvalue weighted by Gasteiger charge is -2.10. The van der Waals surface area contributed by atoms with Crippen LogP contribution in [0.1, 0.15) is 0 Å². The molecule has 0 heterocycles. The van der Waals surface area contributed by atoms with Crippen LogP contribution in [0.15, 0.2) is 35.6 Å². The SMILES string of the molecule is N=NN(C(N)=O)c1ccccc1. The molecule has 1 rings (SSSR count). The Morgan fingerprint density at radius 2 is 2.00 bits per heavy atom. The molecule has 0 aromatic heterocycles. The topological polar surface area (TPSA) is 82.5 Å². The lowest BCUT2D eigenvalue weighted by molar-refractivity contribution is 0.253. The number of nitrogens with two attached hydrogens (primary N) is 1. The Morgan fingerprint density at radius 1 is 1.42 bits per heavy atom. The van der Waals surface area contributed by atoms with Crippen LogP contribution in [0, 0.1) is 5.53 Å². The van der Waals surface area contributed by atoms with Gasteiger partial charge in [0.05, 0.1) is 5.69 Å². The number of nitrogens with one attached hydrogen (secondary N) is 1. The van der Waals surface area contributed by atoms with Crippen LogP contribution in [0.2, 0.25) is 0 Å². The molecule has 0 radical (unpaired) electrons. The Morgan fingerprint density at radius 3 is 2.42 bits per heavy atom. The predicted octanol–water partition coefficient (Wildman–Crippen LogP) is 1.52. The highest BCUT2D eigenvalue weighted by molar-refractivity contribution is 5.89. The second-order valence-corrected chi connectivity index (χ2v) is 2.09. The Labute approximate surface area is 69.3 Å². The van der Waals surface area contributed by atoms with Gasteiger partial charge in [0.15, 0.2) is 0 Å². The Hall–Kier alpha value is -1.91. The highest BCUT2D eigenvalue weighted by Crippen LogP contribution is 2.12. The molecule has 0 saturated heterocycles. The number of hydrogen-bond acceptors (Lipinski definition) is 3. The maximum absolute atomic E-state index is 10.7. The van der Waals surface area contributed by atoms with E-state index in [0.29, 0.717) is 5.69 Å². The number of anilines is 1. The molecule has 5 nitrogen and oxygen atoms in total. The van der Waals surface area contributed by atoms with Crippen LogP contribution >= 0.6 is 0 Å². The van der Waals surface area contributed by atoms with Gasteiger partial charge in [0, 0.05) is 0 Å². The van der Waals surface area contributed by atoms with Crippen molar-refractivity contribution in [3.8, 4) is 0 Å². The van der Waals surface area contributed by atoms with Crippen LogP contribution in [0.25, 0.3) is 0 Å². The minimum absolute atomic E-state index is 0.486. The van der Waals surface area contributed by atoms with Gasteiger partial charge in [-0.25, -0.2) is 4.79 Å². The van der Waals surface area contributed by atoms with E-state index in [4.69, 9.17) is 11.3 Å². The number of hydrogen-bond donors (Lipinski definition) is 2. The van der Waals surface area contributed by atoms with Gasteiger partial charge in [-0.05, 0) is 12.1 Å². The summed E-state index contributed by atoms with van der Waals surface area (Å²) in [5.41, 5.74) is 12.1. The van der Waals surface area contributed by atoms with Crippen LogP contribution in [0.5, 0.6) is 0 Å². The lowest BCUT2D eigenvalue weighted by Crippen LogP contribution is -2.30. The molecule has 12 heavy (non-hydrogen) atoms. The Bertz CT molecular complexity index is 285. The molecule has 62 valence electrons. The van der Waals surface area contributed by atoms with Gasteiger partial charge in [0.2, 0.25) is 0 Å². The van der Waals surface area contributed by atoms with Crippen molar-refractivity contribution in [2.75, 3.05) is 5.01 Å². The van der Waals surface area contributed by atoms with Crippen molar-refractivity contribution in [2.45, 2.75) is 0 Å². The fourth-order valence-corrected chi connectivity index (χ4v) is 0.803. The van der Waals surface area contributed by atoms with E-state index in [1.807, 2.05) is 0 Å². The molecule has 0 bridgehead atoms. The van der Waals surface area contributed by atoms with Crippen molar-refractivity contribution in [1.29, 1.82) is 5.53 Å². The summed E-state index contributed by atoms with van der Waals surface area (Å²) in [5, 5.41) is 3.77. The van der Waals surface area contributed by atoms with E-state index in [1.54, 1.807) is 30.3 Å². The Balaban J connectivity index is 2.95. The molecule has 1 aromatic rings. The number of carbonyl (C=O) groups excluding carboxylic acids is 1. The van der Waals surface area contributed by atoms with Gasteiger partial charge in [-0.15, -0.1) is 0 Å². The fourth-order valence-electron chi connectivity index (χ4n) is 0.803. The first-order valence-electron chi connectivity index (χ1n) is 3.27. The van der Waals surface area contributed by atoms with Crippen molar-refractivity contribution in [3.05, 3.63) is 30.3 Å². The summed E-state index contributed by atoms with van der Waals surface area (Å²) < 4.78 is 0. The molecule has 0 spiro atoms. The smallest absolute Gasteiger partial charge is 0.341 e. The first-order valence-corrected chi connectivity index (χ1v) is 3.27. The van der Waals surface area contributed by atoms with Gasteiger partial charge in [0.1, 0.15) is 0 Å². The molecular weight excluding hydrogens is 156 g/mol. The minimum atomic E-state index is -0.767. The average molecular weight is 164 g/mol. The van der Waals surface area contributed by atoms with Crippen LogP contribution in [0.4, 0.5) is 10.5 Å². The maximum atomic E-state index is 10.7. The number of rotatable bonds is 2. The van der Waals surface area contributed by atoms with Gasteiger partial charge in [-0.2, -0.15) is 10.5 Å². The summed E-state index contributed by atoms with van der Waals surface area (Å²) in [6.45, 7) is 0. The maximum Gasteiger partial charge on any atom is 0.341 e. The normalized spacial score (nSPS) is 9.00. The highest BCUT2D eigenvalue weighted by Gasteiger charge is 2.08. The molecule has 0 unspecified atom stereocenters. The quantitative estimate of drug-likeness (QED) is 0.504. The summed E-state index contributed by atoms with van der Waals surface area (Å²) in [4.78, 5) is 10.7. The molecule has 0 fully saturated rings. The van der Waals surface area contributed by atoms with E-state index < -0.39 is 6.03 Å². The van der Waals surface area contributed by atoms with Crippen molar-refractivity contribution in [2.24, 2.45) is 11.0 Å². The number of benzene rings is 1. The van der Waals surface area contributed by atoms with E-state index >= 15 is 0 Å². The zero-order chi connectivity index (χ0) is 8.97. The van der Waals surface area contributed by atoms with E-state index in [0.717, 1.165) is 5.01 Å². The standard InChI is InChI=1S/C7H8N4O/c8-7(12)11(10-9)6-4-2-1-3-5-6/h1-5,9H,(H2,8,12). The van der Waals surface area contributed by atoms with Gasteiger partial charge < -0.3 is 5.73 Å². The number of primary amides is 1. The van der Waals surface area contributed by atoms with E-state index in [-0.39, 0.29) is 0 Å². The summed E-state index contributed by atoms with van der Waals surface area (Å²) in [6, 6.07) is 7.78. The van der Waals surface area contributed by atoms with Crippen LogP contribution in [-0.2, 0) is 0 Å². The van der Waals surface area contributed by atoms with Gasteiger partial charge in [-0.1, -0.05) is 23.4 Å². The predicted molar refractivity (Wildman–Crippen MR) is 43.7 cm³/mol. The van der Waals surface area contributed by atoms with Crippen LogP contribution in [0.3, 0.4) is 0 Å². The molecule has 5 heteroatoms.